The van der Waals surface area contributed by atoms with Crippen molar-refractivity contribution in [3.8, 4) is 11.3 Å². The predicted octanol–water partition coefficient (Wildman–Crippen LogP) is 2.48. The Morgan fingerprint density at radius 2 is 1.77 bits per heavy atom. The molecule has 0 aliphatic rings. The average molecular weight is 472 g/mol. The number of aryl methyl sites for hydroxylation is 3. The van der Waals surface area contributed by atoms with Gasteiger partial charge in [-0.05, 0) is 25.0 Å². The highest BCUT2D eigenvalue weighted by molar-refractivity contribution is 5.94. The number of carbonyl (C=O) groups excluding carboxylic acids is 1. The lowest BCUT2D eigenvalue weighted by Gasteiger charge is -2.09. The van der Waals surface area contributed by atoms with Crippen LogP contribution in [0.25, 0.3) is 28.1 Å². The Labute approximate surface area is 200 Å². The maximum Gasteiger partial charge on any atom is 0.332 e. The van der Waals surface area contributed by atoms with Crippen LogP contribution in [0.3, 0.4) is 0 Å². The van der Waals surface area contributed by atoms with Gasteiger partial charge in [-0.3, -0.25) is 23.1 Å². The summed E-state index contributed by atoms with van der Waals surface area (Å²) in [7, 11) is 3.02. The number of anilines is 1. The second-order valence-electron chi connectivity index (χ2n) is 8.53. The Bertz CT molecular complexity index is 1690. The number of carbonyl (C=O) groups is 1. The zero-order valence-corrected chi connectivity index (χ0v) is 19.7. The lowest BCUT2D eigenvalue weighted by Crippen LogP contribution is -2.37. The van der Waals surface area contributed by atoms with E-state index >= 15 is 0 Å². The van der Waals surface area contributed by atoms with Crippen LogP contribution in [0, 0.1) is 6.92 Å². The van der Waals surface area contributed by atoms with Crippen molar-refractivity contribution in [2.45, 2.75) is 26.3 Å². The van der Waals surface area contributed by atoms with Crippen molar-refractivity contribution in [2.75, 3.05) is 5.32 Å². The molecule has 0 saturated heterocycles. The van der Waals surface area contributed by atoms with E-state index in [1.165, 1.54) is 17.9 Å². The van der Waals surface area contributed by atoms with E-state index in [9.17, 15) is 14.4 Å². The number of nitrogens with zero attached hydrogens (tertiary/aromatic N) is 6. The van der Waals surface area contributed by atoms with E-state index in [0.29, 0.717) is 35.6 Å². The van der Waals surface area contributed by atoms with Gasteiger partial charge in [0.05, 0.1) is 6.33 Å². The van der Waals surface area contributed by atoms with Crippen molar-refractivity contribution in [3.05, 3.63) is 81.4 Å². The number of hydrogen-bond donors (Lipinski definition) is 1. The van der Waals surface area contributed by atoms with Crippen LogP contribution in [0.1, 0.15) is 18.4 Å². The summed E-state index contributed by atoms with van der Waals surface area (Å²) in [6.45, 7) is 2.40. The van der Waals surface area contributed by atoms with Gasteiger partial charge in [0, 0.05) is 38.8 Å². The summed E-state index contributed by atoms with van der Waals surface area (Å²) in [4.78, 5) is 46.7. The molecule has 1 aromatic carbocycles. The van der Waals surface area contributed by atoms with Crippen LogP contribution in [-0.2, 0) is 25.4 Å². The summed E-state index contributed by atoms with van der Waals surface area (Å²) in [5.74, 6) is 0.465. The third-order valence-corrected chi connectivity index (χ3v) is 6.17. The maximum absolute atomic E-state index is 12.9. The normalized spacial score (nSPS) is 11.4. The van der Waals surface area contributed by atoms with Crippen molar-refractivity contribution in [3.63, 3.8) is 0 Å². The van der Waals surface area contributed by atoms with Crippen LogP contribution >= 0.6 is 0 Å². The third-order valence-electron chi connectivity index (χ3n) is 6.17. The second kappa shape index (κ2) is 8.71. The molecule has 4 aromatic heterocycles. The lowest BCUT2D eigenvalue weighted by atomic mass is 10.1. The summed E-state index contributed by atoms with van der Waals surface area (Å²) in [5.41, 5.74) is 3.26. The third kappa shape index (κ3) is 3.82. The van der Waals surface area contributed by atoms with Crippen molar-refractivity contribution in [1.29, 1.82) is 0 Å². The minimum Gasteiger partial charge on any atom is -0.325 e. The van der Waals surface area contributed by atoms with Gasteiger partial charge in [0.15, 0.2) is 11.2 Å². The van der Waals surface area contributed by atoms with Crippen LogP contribution < -0.4 is 16.6 Å². The van der Waals surface area contributed by atoms with Gasteiger partial charge in [-0.25, -0.2) is 14.8 Å². The van der Waals surface area contributed by atoms with Gasteiger partial charge >= 0.3 is 5.69 Å². The first-order chi connectivity index (χ1) is 16.9. The molecule has 178 valence electrons. The number of fused-ring (bicyclic) bond motifs is 2. The van der Waals surface area contributed by atoms with Gasteiger partial charge in [-0.1, -0.05) is 36.4 Å². The van der Waals surface area contributed by atoms with E-state index < -0.39 is 11.2 Å². The van der Waals surface area contributed by atoms with Crippen LogP contribution in [0.2, 0.25) is 0 Å². The fourth-order valence-corrected chi connectivity index (χ4v) is 4.29. The highest BCUT2D eigenvalue weighted by atomic mass is 16.2. The van der Waals surface area contributed by atoms with E-state index in [1.807, 2.05) is 60.0 Å². The van der Waals surface area contributed by atoms with E-state index in [2.05, 4.69) is 10.3 Å². The van der Waals surface area contributed by atoms with Crippen molar-refractivity contribution in [2.24, 2.45) is 14.1 Å². The van der Waals surface area contributed by atoms with Crippen molar-refractivity contribution >= 4 is 28.5 Å². The standard InChI is InChI=1S/C25H25N7O3/c1-16-9-7-14-32-21(16)28-19(17-10-5-4-6-11-17)22(32)27-18(33)12-8-13-31-15-26-23-20(31)24(34)30(3)25(35)29(23)2/h4-7,9-11,14-15H,8,12-13H2,1-3H3,(H,27,33). The van der Waals surface area contributed by atoms with Crippen LogP contribution in [0.5, 0.6) is 0 Å². The fraction of sp³-hybridized carbons (Fsp3) is 0.240. The first-order valence-electron chi connectivity index (χ1n) is 11.3. The molecule has 0 unspecified atom stereocenters. The highest BCUT2D eigenvalue weighted by Crippen LogP contribution is 2.30. The molecular weight excluding hydrogens is 446 g/mol. The monoisotopic (exact) mass is 471 g/mol. The van der Waals surface area contributed by atoms with E-state index in [-0.39, 0.29) is 12.3 Å². The number of pyridine rings is 1. The maximum atomic E-state index is 12.9. The molecule has 0 radical (unpaired) electrons. The average Bonchev–Trinajstić information content (AvgIpc) is 3.45. The minimum absolute atomic E-state index is 0.157. The quantitative estimate of drug-likeness (QED) is 0.409. The van der Waals surface area contributed by atoms with Gasteiger partial charge in [-0.15, -0.1) is 0 Å². The first-order valence-corrected chi connectivity index (χ1v) is 11.3. The Morgan fingerprint density at radius 3 is 2.54 bits per heavy atom. The Morgan fingerprint density at radius 1 is 1.00 bits per heavy atom. The molecule has 5 rings (SSSR count). The summed E-state index contributed by atoms with van der Waals surface area (Å²) in [6, 6.07) is 13.6. The zero-order chi connectivity index (χ0) is 24.7. The molecule has 10 nitrogen and oxygen atoms in total. The lowest BCUT2D eigenvalue weighted by molar-refractivity contribution is -0.116. The van der Waals surface area contributed by atoms with Gasteiger partial charge < -0.3 is 9.88 Å². The minimum atomic E-state index is -0.426. The topological polar surface area (TPSA) is 108 Å². The Balaban J connectivity index is 1.38. The SMILES string of the molecule is Cc1cccn2c(NC(=O)CCCn3cnc4c3c(=O)n(C)c(=O)n4C)c(-c3ccccc3)nc12. The predicted molar refractivity (Wildman–Crippen MR) is 133 cm³/mol. The summed E-state index contributed by atoms with van der Waals surface area (Å²) >= 11 is 0. The number of nitrogens with one attached hydrogen (secondary N) is 1. The van der Waals surface area contributed by atoms with Gasteiger partial charge in [0.25, 0.3) is 5.56 Å². The molecule has 1 amide bonds. The van der Waals surface area contributed by atoms with Gasteiger partial charge in [-0.2, -0.15) is 0 Å². The van der Waals surface area contributed by atoms with Crippen molar-refractivity contribution < 1.29 is 4.79 Å². The van der Waals surface area contributed by atoms with E-state index in [0.717, 1.165) is 21.3 Å². The number of imidazole rings is 2. The molecule has 0 spiro atoms. The molecular formula is C25H25N7O3. The number of rotatable bonds is 6. The van der Waals surface area contributed by atoms with E-state index in [4.69, 9.17) is 4.98 Å². The van der Waals surface area contributed by atoms with E-state index in [1.54, 1.807) is 11.6 Å². The Kier molecular flexibility index (Phi) is 5.56. The first kappa shape index (κ1) is 22.3. The summed E-state index contributed by atoms with van der Waals surface area (Å²) in [6.07, 6.45) is 4.14. The molecule has 4 heterocycles. The number of hydrogen-bond acceptors (Lipinski definition) is 5. The Hall–Kier alpha value is -4.47. The van der Waals surface area contributed by atoms with Gasteiger partial charge in [0.1, 0.15) is 17.2 Å². The molecule has 0 aliphatic heterocycles. The van der Waals surface area contributed by atoms with Crippen LogP contribution in [-0.4, -0.2) is 34.0 Å². The van der Waals surface area contributed by atoms with Crippen molar-refractivity contribution in [1.82, 2.24) is 28.1 Å². The molecule has 0 bridgehead atoms. The summed E-state index contributed by atoms with van der Waals surface area (Å²) in [5, 5.41) is 3.04. The zero-order valence-electron chi connectivity index (χ0n) is 19.7. The smallest absolute Gasteiger partial charge is 0.325 e. The van der Waals surface area contributed by atoms with Crippen LogP contribution in [0.15, 0.2) is 64.6 Å². The van der Waals surface area contributed by atoms with Gasteiger partial charge in [0.2, 0.25) is 5.91 Å². The molecule has 35 heavy (non-hydrogen) atoms. The van der Waals surface area contributed by atoms with Crippen LogP contribution in [0.4, 0.5) is 5.82 Å². The fourth-order valence-electron chi connectivity index (χ4n) is 4.29. The highest BCUT2D eigenvalue weighted by Gasteiger charge is 2.18. The molecule has 1 N–H and O–H groups in total. The summed E-state index contributed by atoms with van der Waals surface area (Å²) < 4.78 is 5.99. The molecule has 10 heteroatoms. The molecule has 0 saturated carbocycles. The molecule has 0 fully saturated rings. The number of aromatic nitrogens is 6. The molecule has 5 aromatic rings. The molecule has 0 atom stereocenters. The largest absolute Gasteiger partial charge is 0.332 e. The number of benzene rings is 1. The molecule has 0 aliphatic carbocycles. The number of amides is 1. The second-order valence-corrected chi connectivity index (χ2v) is 8.53.